The molecule has 2 rings (SSSR count). The Labute approximate surface area is 140 Å². The van der Waals surface area contributed by atoms with Gasteiger partial charge in [0.15, 0.2) is 0 Å². The molecule has 0 aliphatic carbocycles. The van der Waals surface area contributed by atoms with Crippen LogP contribution in [-0.2, 0) is 22.6 Å². The summed E-state index contributed by atoms with van der Waals surface area (Å²) in [6.07, 6.45) is 2.22. The van der Waals surface area contributed by atoms with Crippen LogP contribution in [0.15, 0.2) is 47.1 Å². The van der Waals surface area contributed by atoms with Crippen LogP contribution >= 0.6 is 11.6 Å². The molecule has 0 aliphatic rings. The summed E-state index contributed by atoms with van der Waals surface area (Å²) >= 11 is 5.85. The number of rotatable bonds is 7. The van der Waals surface area contributed by atoms with Crippen molar-refractivity contribution in [2.45, 2.75) is 19.9 Å². The van der Waals surface area contributed by atoms with E-state index in [-0.39, 0.29) is 18.4 Å². The second kappa shape index (κ2) is 8.39. The van der Waals surface area contributed by atoms with Crippen LogP contribution < -0.4 is 5.32 Å². The Morgan fingerprint density at radius 3 is 2.57 bits per heavy atom. The second-order valence-corrected chi connectivity index (χ2v) is 5.61. The standard InChI is InChI=1S/C17H19ClN2O3/c1-13(21)20(9-8-14-4-6-15(18)7-5-14)12-17(22)19-11-16-3-2-10-23-16/h2-7,10H,8-9,11-12H2,1H3,(H,19,22). The van der Waals surface area contributed by atoms with Crippen LogP contribution in [0.25, 0.3) is 0 Å². The maximum Gasteiger partial charge on any atom is 0.240 e. The third-order valence-corrected chi connectivity index (χ3v) is 3.66. The van der Waals surface area contributed by atoms with Gasteiger partial charge in [-0.3, -0.25) is 9.59 Å². The maximum absolute atomic E-state index is 11.9. The Hall–Kier alpha value is -2.27. The average Bonchev–Trinajstić information content (AvgIpc) is 3.04. The number of nitrogens with one attached hydrogen (secondary N) is 1. The van der Waals surface area contributed by atoms with Crippen LogP contribution in [0.4, 0.5) is 0 Å². The lowest BCUT2D eigenvalue weighted by atomic mass is 10.1. The van der Waals surface area contributed by atoms with Gasteiger partial charge >= 0.3 is 0 Å². The maximum atomic E-state index is 11.9. The predicted octanol–water partition coefficient (Wildman–Crippen LogP) is 2.64. The molecule has 5 nitrogen and oxygen atoms in total. The first kappa shape index (κ1) is 17.1. The van der Waals surface area contributed by atoms with Crippen molar-refractivity contribution in [2.75, 3.05) is 13.1 Å². The van der Waals surface area contributed by atoms with E-state index in [0.29, 0.717) is 30.3 Å². The van der Waals surface area contributed by atoms with E-state index in [0.717, 1.165) is 5.56 Å². The zero-order valence-electron chi connectivity index (χ0n) is 12.9. The molecule has 0 radical (unpaired) electrons. The summed E-state index contributed by atoms with van der Waals surface area (Å²) in [7, 11) is 0. The van der Waals surface area contributed by atoms with Gasteiger partial charge in [-0.25, -0.2) is 0 Å². The molecular weight excluding hydrogens is 316 g/mol. The number of hydrogen-bond acceptors (Lipinski definition) is 3. The second-order valence-electron chi connectivity index (χ2n) is 5.17. The first-order chi connectivity index (χ1) is 11.0. The summed E-state index contributed by atoms with van der Waals surface area (Å²) in [5.74, 6) is 0.328. The summed E-state index contributed by atoms with van der Waals surface area (Å²) in [5.41, 5.74) is 1.07. The fourth-order valence-corrected chi connectivity index (χ4v) is 2.22. The number of halogens is 1. The summed E-state index contributed by atoms with van der Waals surface area (Å²) in [5, 5.41) is 3.41. The van der Waals surface area contributed by atoms with E-state index in [9.17, 15) is 9.59 Å². The van der Waals surface area contributed by atoms with Crippen molar-refractivity contribution in [3.63, 3.8) is 0 Å². The molecule has 0 saturated carbocycles. The fourth-order valence-electron chi connectivity index (χ4n) is 2.09. The quantitative estimate of drug-likeness (QED) is 0.846. The Kier molecular flexibility index (Phi) is 6.23. The Bertz CT molecular complexity index is 638. The zero-order chi connectivity index (χ0) is 16.7. The van der Waals surface area contributed by atoms with Gasteiger partial charge in [-0.1, -0.05) is 23.7 Å². The SMILES string of the molecule is CC(=O)N(CCc1ccc(Cl)cc1)CC(=O)NCc1ccco1. The lowest BCUT2D eigenvalue weighted by Gasteiger charge is -2.20. The zero-order valence-corrected chi connectivity index (χ0v) is 13.7. The van der Waals surface area contributed by atoms with Gasteiger partial charge in [0.05, 0.1) is 19.4 Å². The molecule has 1 aromatic heterocycles. The van der Waals surface area contributed by atoms with E-state index in [2.05, 4.69) is 5.32 Å². The number of benzene rings is 1. The highest BCUT2D eigenvalue weighted by Gasteiger charge is 2.13. The van der Waals surface area contributed by atoms with E-state index < -0.39 is 0 Å². The highest BCUT2D eigenvalue weighted by atomic mass is 35.5. The number of nitrogens with zero attached hydrogens (tertiary/aromatic N) is 1. The minimum atomic E-state index is -0.215. The van der Waals surface area contributed by atoms with Crippen molar-refractivity contribution in [1.29, 1.82) is 0 Å². The molecule has 0 spiro atoms. The third-order valence-electron chi connectivity index (χ3n) is 3.40. The molecule has 122 valence electrons. The number of carbonyl (C=O) groups excluding carboxylic acids is 2. The smallest absolute Gasteiger partial charge is 0.240 e. The average molecular weight is 335 g/mol. The van der Waals surface area contributed by atoms with Crippen LogP contribution in [0.3, 0.4) is 0 Å². The molecule has 1 N–H and O–H groups in total. The largest absolute Gasteiger partial charge is 0.467 e. The van der Waals surface area contributed by atoms with Crippen molar-refractivity contribution in [3.8, 4) is 0 Å². The van der Waals surface area contributed by atoms with Gasteiger partial charge in [-0.05, 0) is 36.2 Å². The summed E-state index contributed by atoms with van der Waals surface area (Å²) in [6.45, 7) is 2.28. The van der Waals surface area contributed by atoms with E-state index in [4.69, 9.17) is 16.0 Å². The Morgan fingerprint density at radius 1 is 1.22 bits per heavy atom. The number of amides is 2. The molecule has 0 bridgehead atoms. The molecule has 1 heterocycles. The van der Waals surface area contributed by atoms with Crippen LogP contribution in [0.5, 0.6) is 0 Å². The Morgan fingerprint density at radius 2 is 1.96 bits per heavy atom. The molecule has 0 aliphatic heterocycles. The third kappa shape index (κ3) is 5.79. The van der Waals surface area contributed by atoms with Gasteiger partial charge < -0.3 is 14.6 Å². The van der Waals surface area contributed by atoms with Crippen molar-refractivity contribution in [1.82, 2.24) is 10.2 Å². The van der Waals surface area contributed by atoms with E-state index >= 15 is 0 Å². The molecule has 1 aromatic carbocycles. The van der Waals surface area contributed by atoms with Crippen LogP contribution in [-0.4, -0.2) is 29.8 Å². The van der Waals surface area contributed by atoms with Gasteiger partial charge in [0.1, 0.15) is 5.76 Å². The predicted molar refractivity (Wildman–Crippen MR) is 88.0 cm³/mol. The van der Waals surface area contributed by atoms with E-state index in [1.165, 1.54) is 11.8 Å². The minimum absolute atomic E-state index is 0.0314. The highest BCUT2D eigenvalue weighted by molar-refractivity contribution is 6.30. The summed E-state index contributed by atoms with van der Waals surface area (Å²) in [6, 6.07) is 11.0. The Balaban J connectivity index is 1.81. The molecule has 0 atom stereocenters. The van der Waals surface area contributed by atoms with Gasteiger partial charge in [0.2, 0.25) is 11.8 Å². The van der Waals surface area contributed by atoms with Crippen molar-refractivity contribution in [2.24, 2.45) is 0 Å². The lowest BCUT2D eigenvalue weighted by Crippen LogP contribution is -2.40. The van der Waals surface area contributed by atoms with Crippen molar-refractivity contribution in [3.05, 3.63) is 59.0 Å². The topological polar surface area (TPSA) is 62.6 Å². The van der Waals surface area contributed by atoms with E-state index in [1.807, 2.05) is 24.3 Å². The monoisotopic (exact) mass is 334 g/mol. The molecule has 23 heavy (non-hydrogen) atoms. The highest BCUT2D eigenvalue weighted by Crippen LogP contribution is 2.10. The minimum Gasteiger partial charge on any atom is -0.467 e. The first-order valence-electron chi connectivity index (χ1n) is 7.33. The number of hydrogen-bond donors (Lipinski definition) is 1. The first-order valence-corrected chi connectivity index (χ1v) is 7.71. The number of furan rings is 1. The molecular formula is C17H19ClN2O3. The molecule has 0 saturated heterocycles. The van der Waals surface area contributed by atoms with Crippen molar-refractivity contribution >= 4 is 23.4 Å². The molecule has 0 unspecified atom stereocenters. The van der Waals surface area contributed by atoms with Crippen molar-refractivity contribution < 1.29 is 14.0 Å². The van der Waals surface area contributed by atoms with Crippen LogP contribution in [0.2, 0.25) is 5.02 Å². The van der Waals surface area contributed by atoms with Crippen LogP contribution in [0, 0.1) is 0 Å². The van der Waals surface area contributed by atoms with Gasteiger partial charge in [-0.15, -0.1) is 0 Å². The fraction of sp³-hybridized carbons (Fsp3) is 0.294. The molecule has 2 aromatic rings. The molecule has 0 fully saturated rings. The lowest BCUT2D eigenvalue weighted by molar-refractivity contribution is -0.134. The van der Waals surface area contributed by atoms with Gasteiger partial charge in [0, 0.05) is 18.5 Å². The number of carbonyl (C=O) groups is 2. The van der Waals surface area contributed by atoms with Crippen LogP contribution in [0.1, 0.15) is 18.2 Å². The van der Waals surface area contributed by atoms with E-state index in [1.54, 1.807) is 18.4 Å². The molecule has 6 heteroatoms. The normalized spacial score (nSPS) is 10.3. The molecule has 2 amide bonds. The summed E-state index contributed by atoms with van der Waals surface area (Å²) in [4.78, 5) is 25.2. The van der Waals surface area contributed by atoms with Gasteiger partial charge in [0.25, 0.3) is 0 Å². The summed E-state index contributed by atoms with van der Waals surface area (Å²) < 4.78 is 5.15. The van der Waals surface area contributed by atoms with Gasteiger partial charge in [-0.2, -0.15) is 0 Å².